The first-order valence-corrected chi connectivity index (χ1v) is 22.8. The van der Waals surface area contributed by atoms with Gasteiger partial charge in [0.15, 0.2) is 0 Å². The Kier molecular flexibility index (Phi) is 10.4. The highest BCUT2D eigenvalue weighted by Gasteiger charge is 2.39. The van der Waals surface area contributed by atoms with Crippen LogP contribution in [0.2, 0.25) is 0 Å². The number of benzene rings is 6. The van der Waals surface area contributed by atoms with E-state index in [9.17, 15) is 0 Å². The lowest BCUT2D eigenvalue weighted by Crippen LogP contribution is -2.19. The van der Waals surface area contributed by atoms with Gasteiger partial charge in [-0.05, 0) is 193 Å². The van der Waals surface area contributed by atoms with E-state index in [1.54, 1.807) is 0 Å². The maximum absolute atomic E-state index is 4.19. The lowest BCUT2D eigenvalue weighted by molar-refractivity contribution is 0.588. The minimum Gasteiger partial charge on any atom is -0.0901 e. The van der Waals surface area contributed by atoms with Crippen LogP contribution in [0.25, 0.3) is 11.1 Å². The Morgan fingerprint density at radius 3 is 1.21 bits per heavy atom. The highest BCUT2D eigenvalue weighted by atomic mass is 79.9. The lowest BCUT2D eigenvalue weighted by Gasteiger charge is -2.33. The standard InChI is InChI=1S/C53H47Br4/c1-28-19-32(52(5,6)7)20-29(2)48(28)50-38-15-11-34(54)23-42(38)46(43-24-35(55)12-16-39(43)50)27-47-44-25-36(56)13-17-40(44)51(41-18-14-37(57)26-45(41)47)49-30(3)21-33(22-31(49)4)53(8,9)10/h11-26,50H,1-10H3/q+1. The summed E-state index contributed by atoms with van der Waals surface area (Å²) >= 11 is 15.6. The number of hydrogen-bond donors (Lipinski definition) is 0. The topological polar surface area (TPSA) is 0 Å². The zero-order chi connectivity index (χ0) is 40.9. The highest BCUT2D eigenvalue weighted by molar-refractivity contribution is 9.11. The van der Waals surface area contributed by atoms with Gasteiger partial charge in [0.25, 0.3) is 0 Å². The van der Waals surface area contributed by atoms with Crippen molar-refractivity contribution in [1.82, 2.24) is 0 Å². The molecule has 0 nitrogen and oxygen atoms in total. The fourth-order valence-electron chi connectivity index (χ4n) is 9.11. The average molecular weight is 1000 g/mol. The van der Waals surface area contributed by atoms with E-state index in [2.05, 4.69) is 236 Å². The molecule has 2 aliphatic carbocycles. The van der Waals surface area contributed by atoms with Gasteiger partial charge in [-0.3, -0.25) is 0 Å². The molecule has 0 saturated heterocycles. The van der Waals surface area contributed by atoms with Crippen molar-refractivity contribution in [3.63, 3.8) is 0 Å². The Balaban J connectivity index is 1.46. The van der Waals surface area contributed by atoms with Gasteiger partial charge in [0.05, 0.1) is 28.2 Å². The molecule has 6 aromatic carbocycles. The fraction of sp³-hybridized carbons (Fsp3) is 0.245. The van der Waals surface area contributed by atoms with Gasteiger partial charge in [0.1, 0.15) is 0 Å². The van der Waals surface area contributed by atoms with Crippen molar-refractivity contribution in [2.45, 2.75) is 86.0 Å². The Labute approximate surface area is 373 Å². The van der Waals surface area contributed by atoms with Crippen molar-refractivity contribution in [2.75, 3.05) is 0 Å². The molecule has 0 amide bonds. The van der Waals surface area contributed by atoms with E-state index in [0.29, 0.717) is 0 Å². The minimum absolute atomic E-state index is 0.0573. The third kappa shape index (κ3) is 7.23. The molecule has 4 heteroatoms. The second-order valence-corrected chi connectivity index (χ2v) is 21.7. The van der Waals surface area contributed by atoms with Gasteiger partial charge in [0.2, 0.25) is 0 Å². The molecular formula is C53H47Br4+. The number of fused-ring (bicyclic) bond motifs is 4. The van der Waals surface area contributed by atoms with Crippen LogP contribution in [0.1, 0.15) is 136 Å². The molecule has 0 bridgehead atoms. The lowest BCUT2D eigenvalue weighted by atomic mass is 9.69. The quantitative estimate of drug-likeness (QED) is 0.120. The van der Waals surface area contributed by atoms with Gasteiger partial charge < -0.3 is 0 Å². The number of hydrogen-bond acceptors (Lipinski definition) is 0. The summed E-state index contributed by atoms with van der Waals surface area (Å²) in [6, 6.07) is 36.8. The number of aryl methyl sites for hydroxylation is 4. The molecule has 2 aliphatic rings. The van der Waals surface area contributed by atoms with E-state index in [1.165, 1.54) is 83.8 Å². The molecule has 0 N–H and O–H groups in total. The van der Waals surface area contributed by atoms with E-state index in [4.69, 9.17) is 0 Å². The third-order valence-corrected chi connectivity index (χ3v) is 13.9. The van der Waals surface area contributed by atoms with Crippen molar-refractivity contribution in [1.29, 1.82) is 0 Å². The fourth-order valence-corrected chi connectivity index (χ4v) is 10.6. The summed E-state index contributed by atoms with van der Waals surface area (Å²) in [5.41, 5.74) is 26.9. The molecule has 286 valence electrons. The Morgan fingerprint density at radius 2 is 0.807 bits per heavy atom. The van der Waals surface area contributed by atoms with Crippen molar-refractivity contribution in [3.8, 4) is 0 Å². The van der Waals surface area contributed by atoms with Gasteiger partial charge in [-0.15, -0.1) is 0 Å². The molecule has 0 saturated carbocycles. The van der Waals surface area contributed by atoms with E-state index in [-0.39, 0.29) is 16.7 Å². The highest BCUT2D eigenvalue weighted by Crippen LogP contribution is 2.52. The predicted molar refractivity (Wildman–Crippen MR) is 256 cm³/mol. The molecule has 0 aromatic heterocycles. The number of rotatable bonds is 2. The van der Waals surface area contributed by atoms with Gasteiger partial charge >= 0.3 is 0 Å². The van der Waals surface area contributed by atoms with Crippen molar-refractivity contribution >= 4 is 74.9 Å². The molecule has 0 atom stereocenters. The van der Waals surface area contributed by atoms with Gasteiger partial charge in [-0.2, -0.15) is 0 Å². The maximum Gasteiger partial charge on any atom is 0.0809 e. The zero-order valence-corrected chi connectivity index (χ0v) is 40.7. The second kappa shape index (κ2) is 14.7. The first-order chi connectivity index (χ1) is 26.8. The van der Waals surface area contributed by atoms with Crippen LogP contribution in [0.5, 0.6) is 0 Å². The van der Waals surface area contributed by atoms with Crippen LogP contribution in [-0.2, 0) is 10.8 Å². The monoisotopic (exact) mass is 999 g/mol. The molecule has 0 fully saturated rings. The summed E-state index contributed by atoms with van der Waals surface area (Å²) in [6.07, 6.45) is 0. The molecular weight excluding hydrogens is 956 g/mol. The molecule has 0 aliphatic heterocycles. The predicted octanol–water partition coefficient (Wildman–Crippen LogP) is 16.6. The smallest absolute Gasteiger partial charge is 0.0809 e. The Hall–Kier alpha value is -3.37. The molecule has 8 rings (SSSR count). The van der Waals surface area contributed by atoms with Crippen molar-refractivity contribution < 1.29 is 0 Å². The van der Waals surface area contributed by atoms with Crippen LogP contribution in [0.15, 0.2) is 121 Å². The molecule has 6 aromatic rings. The van der Waals surface area contributed by atoms with Gasteiger partial charge in [-0.1, -0.05) is 103 Å². The summed E-state index contributed by atoms with van der Waals surface area (Å²) in [7, 11) is 0. The van der Waals surface area contributed by atoms with Crippen LogP contribution in [0, 0.1) is 33.6 Å². The van der Waals surface area contributed by atoms with Crippen LogP contribution in [0.3, 0.4) is 0 Å². The van der Waals surface area contributed by atoms with Crippen LogP contribution in [-0.4, -0.2) is 0 Å². The first kappa shape index (κ1) is 40.4. The summed E-state index contributed by atoms with van der Waals surface area (Å²) in [6.45, 7) is 22.9. The maximum atomic E-state index is 4.19. The normalized spacial score (nSPS) is 14.8. The average Bonchev–Trinajstić information content (AvgIpc) is 3.11. The van der Waals surface area contributed by atoms with Crippen LogP contribution in [0.4, 0.5) is 0 Å². The second-order valence-electron chi connectivity index (χ2n) is 18.0. The van der Waals surface area contributed by atoms with E-state index < -0.39 is 0 Å². The zero-order valence-electron chi connectivity index (χ0n) is 34.3. The molecule has 0 radical (unpaired) electrons. The van der Waals surface area contributed by atoms with Crippen molar-refractivity contribution in [2.24, 2.45) is 0 Å². The molecule has 57 heavy (non-hydrogen) atoms. The minimum atomic E-state index is 0.0573. The van der Waals surface area contributed by atoms with Crippen LogP contribution >= 0.6 is 63.7 Å². The van der Waals surface area contributed by atoms with Crippen LogP contribution < -0.4 is 0 Å². The molecule has 0 spiro atoms. The van der Waals surface area contributed by atoms with E-state index in [1.807, 2.05) is 0 Å². The summed E-state index contributed by atoms with van der Waals surface area (Å²) in [5, 5.41) is 0. The molecule has 0 heterocycles. The summed E-state index contributed by atoms with van der Waals surface area (Å²) in [5.74, 6) is 1.34. The SMILES string of the molecule is Cc1cc(C(C)(C)C)cc(C)c1[C+]1c2ccc(Br)cc2C(=C=C2c3cc(Br)ccc3C(c3c(C)cc(C(C)(C)C)cc3C)c3ccc(Br)cc32)c2cc(Br)ccc21. The largest absolute Gasteiger partial charge is 0.0901 e. The van der Waals surface area contributed by atoms with Gasteiger partial charge in [-0.25, -0.2) is 0 Å². The first-order valence-electron chi connectivity index (χ1n) is 19.6. The third-order valence-electron chi connectivity index (χ3n) is 11.9. The Morgan fingerprint density at radius 1 is 0.456 bits per heavy atom. The van der Waals surface area contributed by atoms with Crippen molar-refractivity contribution in [3.05, 3.63) is 216 Å². The number of halogens is 4. The van der Waals surface area contributed by atoms with E-state index >= 15 is 0 Å². The Bertz CT molecular complexity index is 2380. The molecule has 0 unspecified atom stereocenters. The van der Waals surface area contributed by atoms with Gasteiger partial charge in [0, 0.05) is 51.6 Å². The van der Waals surface area contributed by atoms with E-state index in [0.717, 1.165) is 40.2 Å². The summed E-state index contributed by atoms with van der Waals surface area (Å²) in [4.78, 5) is 0. The summed E-state index contributed by atoms with van der Waals surface area (Å²) < 4.78 is 4.18.